The Hall–Kier alpha value is -1.88. The number of nitrogens with zero attached hydrogens (tertiary/aromatic N) is 2. The average Bonchev–Trinajstić information content (AvgIpc) is 2.36. The van der Waals surface area contributed by atoms with E-state index in [0.717, 1.165) is 22.8 Å². The van der Waals surface area contributed by atoms with Gasteiger partial charge in [-0.05, 0) is 23.4 Å². The molecule has 0 fully saturated rings. The monoisotopic (exact) mass is 232 g/mol. The topological polar surface area (TPSA) is 87.0 Å². The van der Waals surface area contributed by atoms with Crippen molar-refractivity contribution in [2.45, 2.75) is 19.4 Å². The maximum absolute atomic E-state index is 6.06. The van der Waals surface area contributed by atoms with Gasteiger partial charge in [0.15, 0.2) is 0 Å². The number of pyridine rings is 2. The van der Waals surface area contributed by atoms with Crippen LogP contribution in [-0.2, 0) is 0 Å². The summed E-state index contributed by atoms with van der Waals surface area (Å²) in [6, 6.07) is 1.75. The van der Waals surface area contributed by atoms with Gasteiger partial charge in [-0.2, -0.15) is 0 Å². The minimum atomic E-state index is -0.0577. The van der Waals surface area contributed by atoms with E-state index in [2.05, 4.69) is 9.97 Å². The van der Waals surface area contributed by atoms with E-state index in [0.29, 0.717) is 11.7 Å². The molecule has 0 aliphatic rings. The fraction of sp³-hybridized carbons (Fsp3) is 0.333. The van der Waals surface area contributed by atoms with E-state index in [4.69, 9.17) is 16.2 Å². The van der Waals surface area contributed by atoms with Crippen molar-refractivity contribution in [3.8, 4) is 5.88 Å². The van der Waals surface area contributed by atoms with E-state index in [1.165, 1.54) is 0 Å². The standard InChI is InChI=1S/C12H16N4O/c1-3-10(13)8-5-16-12(17-2)9-6-15-11(14)4-7(8)9/h4-6,10H,3,13H2,1-2H3,(H2,14,15)/t10-/m1/s1. The van der Waals surface area contributed by atoms with Crippen LogP contribution in [0.15, 0.2) is 18.5 Å². The molecule has 0 aromatic carbocycles. The molecule has 5 heteroatoms. The smallest absolute Gasteiger partial charge is 0.222 e. The van der Waals surface area contributed by atoms with Crippen LogP contribution in [0.5, 0.6) is 5.88 Å². The number of aromatic nitrogens is 2. The third-order valence-corrected chi connectivity index (χ3v) is 2.82. The number of methoxy groups -OCH3 is 1. The van der Waals surface area contributed by atoms with Crippen LogP contribution < -0.4 is 16.2 Å². The zero-order valence-corrected chi connectivity index (χ0v) is 9.97. The predicted molar refractivity (Wildman–Crippen MR) is 67.7 cm³/mol. The van der Waals surface area contributed by atoms with E-state index >= 15 is 0 Å². The van der Waals surface area contributed by atoms with Gasteiger partial charge in [0.05, 0.1) is 12.5 Å². The summed E-state index contributed by atoms with van der Waals surface area (Å²) in [5.41, 5.74) is 12.7. The Bertz CT molecular complexity index is 541. The van der Waals surface area contributed by atoms with Crippen molar-refractivity contribution in [2.24, 2.45) is 5.73 Å². The molecule has 1 atom stereocenters. The van der Waals surface area contributed by atoms with Crippen molar-refractivity contribution in [1.82, 2.24) is 9.97 Å². The molecule has 0 spiro atoms. The minimum Gasteiger partial charge on any atom is -0.481 e. The maximum Gasteiger partial charge on any atom is 0.222 e. The van der Waals surface area contributed by atoms with Gasteiger partial charge in [-0.15, -0.1) is 0 Å². The highest BCUT2D eigenvalue weighted by Crippen LogP contribution is 2.30. The van der Waals surface area contributed by atoms with Gasteiger partial charge in [0, 0.05) is 18.4 Å². The molecule has 90 valence electrons. The van der Waals surface area contributed by atoms with E-state index in [-0.39, 0.29) is 6.04 Å². The summed E-state index contributed by atoms with van der Waals surface area (Å²) < 4.78 is 5.20. The van der Waals surface area contributed by atoms with E-state index < -0.39 is 0 Å². The maximum atomic E-state index is 6.06. The lowest BCUT2D eigenvalue weighted by Crippen LogP contribution is -2.10. The Balaban J connectivity index is 2.74. The van der Waals surface area contributed by atoms with Gasteiger partial charge in [0.1, 0.15) is 5.82 Å². The second kappa shape index (κ2) is 4.55. The molecule has 0 amide bonds. The van der Waals surface area contributed by atoms with E-state index in [1.807, 2.05) is 13.0 Å². The number of nitrogen functional groups attached to an aromatic ring is 1. The van der Waals surface area contributed by atoms with Crippen LogP contribution >= 0.6 is 0 Å². The normalized spacial score (nSPS) is 12.6. The van der Waals surface area contributed by atoms with Crippen LogP contribution in [-0.4, -0.2) is 17.1 Å². The molecular formula is C12H16N4O. The number of rotatable bonds is 3. The molecule has 2 heterocycles. The number of hydrogen-bond donors (Lipinski definition) is 2. The lowest BCUT2D eigenvalue weighted by molar-refractivity contribution is 0.403. The number of ether oxygens (including phenoxy) is 1. The highest BCUT2D eigenvalue weighted by Gasteiger charge is 2.13. The molecule has 0 bridgehead atoms. The van der Waals surface area contributed by atoms with Crippen molar-refractivity contribution in [2.75, 3.05) is 12.8 Å². The van der Waals surface area contributed by atoms with Gasteiger partial charge < -0.3 is 16.2 Å². The number of nitrogens with two attached hydrogens (primary N) is 2. The first-order valence-electron chi connectivity index (χ1n) is 5.51. The molecular weight excluding hydrogens is 216 g/mol. The molecule has 0 aliphatic carbocycles. The molecule has 0 saturated heterocycles. The average molecular weight is 232 g/mol. The van der Waals surface area contributed by atoms with Gasteiger partial charge in [0.25, 0.3) is 0 Å². The highest BCUT2D eigenvalue weighted by atomic mass is 16.5. The molecule has 0 unspecified atom stereocenters. The number of hydrogen-bond acceptors (Lipinski definition) is 5. The Morgan fingerprint density at radius 3 is 2.71 bits per heavy atom. The summed E-state index contributed by atoms with van der Waals surface area (Å²) >= 11 is 0. The van der Waals surface area contributed by atoms with Crippen molar-refractivity contribution in [3.63, 3.8) is 0 Å². The molecule has 0 aliphatic heterocycles. The molecule has 2 aromatic rings. The fourth-order valence-electron chi connectivity index (χ4n) is 1.83. The Kier molecular flexibility index (Phi) is 3.10. The van der Waals surface area contributed by atoms with Gasteiger partial charge in [-0.1, -0.05) is 6.92 Å². The molecule has 5 nitrogen and oxygen atoms in total. The van der Waals surface area contributed by atoms with Crippen molar-refractivity contribution >= 4 is 16.6 Å². The van der Waals surface area contributed by atoms with Gasteiger partial charge in [0.2, 0.25) is 5.88 Å². The molecule has 4 N–H and O–H groups in total. The fourth-order valence-corrected chi connectivity index (χ4v) is 1.83. The Morgan fingerprint density at radius 2 is 2.06 bits per heavy atom. The molecule has 17 heavy (non-hydrogen) atoms. The lowest BCUT2D eigenvalue weighted by Gasteiger charge is -2.14. The van der Waals surface area contributed by atoms with E-state index in [1.54, 1.807) is 19.5 Å². The predicted octanol–water partition coefficient (Wildman–Crippen LogP) is 1.63. The summed E-state index contributed by atoms with van der Waals surface area (Å²) in [7, 11) is 1.58. The number of anilines is 1. The van der Waals surface area contributed by atoms with E-state index in [9.17, 15) is 0 Å². The second-order valence-electron chi connectivity index (χ2n) is 3.89. The van der Waals surface area contributed by atoms with Crippen molar-refractivity contribution in [1.29, 1.82) is 0 Å². The van der Waals surface area contributed by atoms with Crippen LogP contribution in [0.2, 0.25) is 0 Å². The van der Waals surface area contributed by atoms with Crippen molar-refractivity contribution in [3.05, 3.63) is 24.0 Å². The van der Waals surface area contributed by atoms with Crippen LogP contribution in [0.1, 0.15) is 24.9 Å². The minimum absolute atomic E-state index is 0.0577. The van der Waals surface area contributed by atoms with Crippen molar-refractivity contribution < 1.29 is 4.74 Å². The first-order chi connectivity index (χ1) is 8.17. The third kappa shape index (κ3) is 2.01. The van der Waals surface area contributed by atoms with Crippen LogP contribution in [0.25, 0.3) is 10.8 Å². The van der Waals surface area contributed by atoms with Gasteiger partial charge in [-0.25, -0.2) is 9.97 Å². The van der Waals surface area contributed by atoms with Crippen LogP contribution in [0.4, 0.5) is 5.82 Å². The molecule has 2 aromatic heterocycles. The summed E-state index contributed by atoms with van der Waals surface area (Å²) in [4.78, 5) is 8.30. The Morgan fingerprint density at radius 1 is 1.29 bits per heavy atom. The summed E-state index contributed by atoms with van der Waals surface area (Å²) in [6.45, 7) is 2.03. The summed E-state index contributed by atoms with van der Waals surface area (Å²) in [5.74, 6) is 1.01. The molecule has 0 radical (unpaired) electrons. The first kappa shape index (κ1) is 11.6. The Labute approximate surface area is 99.8 Å². The largest absolute Gasteiger partial charge is 0.481 e. The van der Waals surface area contributed by atoms with Gasteiger partial charge in [-0.3, -0.25) is 0 Å². The highest BCUT2D eigenvalue weighted by molar-refractivity contribution is 5.90. The first-order valence-corrected chi connectivity index (χ1v) is 5.51. The number of fused-ring (bicyclic) bond motifs is 1. The SMILES string of the molecule is CC[C@@H](N)c1cnc(OC)c2cnc(N)cc12. The molecule has 0 saturated carbocycles. The van der Waals surface area contributed by atoms with Crippen LogP contribution in [0.3, 0.4) is 0 Å². The lowest BCUT2D eigenvalue weighted by atomic mass is 10.0. The summed E-state index contributed by atoms with van der Waals surface area (Å²) in [6.07, 6.45) is 4.25. The zero-order valence-electron chi connectivity index (χ0n) is 9.97. The molecule has 2 rings (SSSR count). The second-order valence-corrected chi connectivity index (χ2v) is 3.89. The summed E-state index contributed by atoms with van der Waals surface area (Å²) in [5, 5.41) is 1.79. The van der Waals surface area contributed by atoms with Crippen LogP contribution in [0, 0.1) is 0 Å². The third-order valence-electron chi connectivity index (χ3n) is 2.82. The zero-order chi connectivity index (χ0) is 12.4. The van der Waals surface area contributed by atoms with Gasteiger partial charge >= 0.3 is 0 Å². The quantitative estimate of drug-likeness (QED) is 0.839.